The van der Waals surface area contributed by atoms with Crippen molar-refractivity contribution in [1.29, 1.82) is 0 Å². The van der Waals surface area contributed by atoms with E-state index in [9.17, 15) is 14.0 Å². The van der Waals surface area contributed by atoms with Crippen molar-refractivity contribution < 1.29 is 9.18 Å². The second-order valence-electron chi connectivity index (χ2n) is 5.74. The molecule has 1 aliphatic carbocycles. The van der Waals surface area contributed by atoms with Crippen LogP contribution in [0.25, 0.3) is 11.0 Å². The van der Waals surface area contributed by atoms with Crippen molar-refractivity contribution in [1.82, 2.24) is 14.8 Å². The molecule has 1 N–H and O–H groups in total. The lowest BCUT2D eigenvalue weighted by atomic mass is 9.94. The number of rotatable bonds is 2. The van der Waals surface area contributed by atoms with Crippen LogP contribution in [0.1, 0.15) is 34.5 Å². The van der Waals surface area contributed by atoms with Gasteiger partial charge >= 0.3 is 0 Å². The Balaban J connectivity index is 1.87. The molecular weight excluding hydrogens is 297 g/mol. The van der Waals surface area contributed by atoms with Gasteiger partial charge in [-0.15, -0.1) is 0 Å². The normalized spacial score (nSPS) is 14.2. The van der Waals surface area contributed by atoms with E-state index >= 15 is 0 Å². The average Bonchev–Trinajstić information content (AvgIpc) is 2.93. The van der Waals surface area contributed by atoms with E-state index in [1.165, 1.54) is 12.3 Å². The highest BCUT2D eigenvalue weighted by Gasteiger charge is 2.24. The van der Waals surface area contributed by atoms with Crippen LogP contribution in [0.4, 0.5) is 4.39 Å². The van der Waals surface area contributed by atoms with Gasteiger partial charge < -0.3 is 4.98 Å². The minimum atomic E-state index is -0.313. The Morgan fingerprint density at radius 1 is 1.22 bits per heavy atom. The number of halogens is 1. The molecule has 0 spiro atoms. The Bertz CT molecular complexity index is 987. The standard InChI is InChI=1S/C17H14FN3O2/c18-12-5-2-1-4-10(12)9-21-17-11(8-19-21)16(23)15-13(20-17)6-3-7-14(15)22/h1-2,4-5,8H,3,6-7,9H2,(H,20,23). The van der Waals surface area contributed by atoms with E-state index < -0.39 is 0 Å². The van der Waals surface area contributed by atoms with E-state index in [4.69, 9.17) is 0 Å². The first-order chi connectivity index (χ1) is 11.1. The lowest BCUT2D eigenvalue weighted by molar-refractivity contribution is 0.0970. The molecule has 1 aromatic carbocycles. The lowest BCUT2D eigenvalue weighted by Crippen LogP contribution is -2.23. The van der Waals surface area contributed by atoms with E-state index in [0.29, 0.717) is 35.1 Å². The Hall–Kier alpha value is -2.76. The molecule has 2 heterocycles. The molecule has 0 amide bonds. The third kappa shape index (κ3) is 2.18. The number of carbonyl (C=O) groups is 1. The third-order valence-electron chi connectivity index (χ3n) is 4.27. The Labute approximate surface area is 130 Å². The number of hydrogen-bond acceptors (Lipinski definition) is 3. The summed E-state index contributed by atoms with van der Waals surface area (Å²) in [5.74, 6) is -0.428. The number of fused-ring (bicyclic) bond motifs is 2. The molecule has 0 aliphatic heterocycles. The van der Waals surface area contributed by atoms with Gasteiger partial charge in [0.25, 0.3) is 0 Å². The molecule has 23 heavy (non-hydrogen) atoms. The number of nitrogens with zero attached hydrogens (tertiary/aromatic N) is 2. The summed E-state index contributed by atoms with van der Waals surface area (Å²) in [6.07, 6.45) is 3.24. The number of benzene rings is 1. The van der Waals surface area contributed by atoms with Crippen molar-refractivity contribution in [2.24, 2.45) is 0 Å². The number of hydrogen-bond donors (Lipinski definition) is 1. The van der Waals surface area contributed by atoms with E-state index in [-0.39, 0.29) is 29.1 Å². The van der Waals surface area contributed by atoms with E-state index in [1.54, 1.807) is 22.9 Å². The van der Waals surface area contributed by atoms with Crippen LogP contribution in [0.2, 0.25) is 0 Å². The van der Waals surface area contributed by atoms with Gasteiger partial charge in [0.05, 0.1) is 23.7 Å². The summed E-state index contributed by atoms with van der Waals surface area (Å²) in [5, 5.41) is 4.57. The first-order valence-corrected chi connectivity index (χ1v) is 7.52. The third-order valence-corrected chi connectivity index (χ3v) is 4.27. The van der Waals surface area contributed by atoms with Crippen LogP contribution in [0.15, 0.2) is 35.3 Å². The van der Waals surface area contributed by atoms with Gasteiger partial charge in [0.15, 0.2) is 5.78 Å². The molecule has 5 nitrogen and oxygen atoms in total. The quantitative estimate of drug-likeness (QED) is 0.790. The first-order valence-electron chi connectivity index (χ1n) is 7.52. The van der Waals surface area contributed by atoms with Crippen molar-refractivity contribution in [2.75, 3.05) is 0 Å². The smallest absolute Gasteiger partial charge is 0.203 e. The van der Waals surface area contributed by atoms with Crippen molar-refractivity contribution in [2.45, 2.75) is 25.8 Å². The predicted molar refractivity (Wildman–Crippen MR) is 83.1 cm³/mol. The zero-order valence-electron chi connectivity index (χ0n) is 12.3. The zero-order chi connectivity index (χ0) is 16.0. The van der Waals surface area contributed by atoms with E-state index in [1.807, 2.05) is 0 Å². The maximum atomic E-state index is 13.8. The fraction of sp³-hybridized carbons (Fsp3) is 0.235. The van der Waals surface area contributed by atoms with Crippen LogP contribution in [0.5, 0.6) is 0 Å². The average molecular weight is 311 g/mol. The minimum Gasteiger partial charge on any atom is -0.343 e. The number of aromatic amines is 1. The lowest BCUT2D eigenvalue weighted by Gasteiger charge is -2.14. The van der Waals surface area contributed by atoms with Gasteiger partial charge in [-0.1, -0.05) is 18.2 Å². The molecule has 0 fully saturated rings. The highest BCUT2D eigenvalue weighted by atomic mass is 19.1. The number of nitrogens with one attached hydrogen (secondary N) is 1. The molecular formula is C17H14FN3O2. The van der Waals surface area contributed by atoms with Gasteiger partial charge in [-0.3, -0.25) is 9.59 Å². The highest BCUT2D eigenvalue weighted by Crippen LogP contribution is 2.20. The summed E-state index contributed by atoms with van der Waals surface area (Å²) in [7, 11) is 0. The fourth-order valence-electron chi connectivity index (χ4n) is 3.10. The number of carbonyl (C=O) groups excluding carboxylic acids is 1. The van der Waals surface area contributed by atoms with Crippen LogP contribution in [-0.2, 0) is 13.0 Å². The molecule has 4 rings (SSSR count). The Morgan fingerprint density at radius 3 is 2.87 bits per heavy atom. The SMILES string of the molecule is O=C1CCCc2[nH]c3c(cnn3Cc3ccccc3F)c(=O)c21. The molecule has 2 aromatic heterocycles. The summed E-state index contributed by atoms with van der Waals surface area (Å²) in [5.41, 5.74) is 1.67. The number of aromatic nitrogens is 3. The second kappa shape index (κ2) is 5.15. The van der Waals surface area contributed by atoms with Crippen molar-refractivity contribution in [3.8, 4) is 0 Å². The molecule has 0 unspecified atom stereocenters. The van der Waals surface area contributed by atoms with Gasteiger partial charge in [0, 0.05) is 17.7 Å². The molecule has 1 aliphatic rings. The first kappa shape index (κ1) is 13.9. The van der Waals surface area contributed by atoms with Crippen LogP contribution in [-0.4, -0.2) is 20.5 Å². The summed E-state index contributed by atoms with van der Waals surface area (Å²) in [4.78, 5) is 27.7. The molecule has 6 heteroatoms. The van der Waals surface area contributed by atoms with Crippen LogP contribution >= 0.6 is 0 Å². The molecule has 0 radical (unpaired) electrons. The van der Waals surface area contributed by atoms with Gasteiger partial charge in [-0.2, -0.15) is 5.10 Å². The fourth-order valence-corrected chi connectivity index (χ4v) is 3.10. The summed E-state index contributed by atoms with van der Waals surface area (Å²) >= 11 is 0. The van der Waals surface area contributed by atoms with E-state index in [0.717, 1.165) is 6.42 Å². The molecule has 0 bridgehead atoms. The van der Waals surface area contributed by atoms with E-state index in [2.05, 4.69) is 10.1 Å². The number of pyridine rings is 1. The molecule has 0 saturated carbocycles. The van der Waals surface area contributed by atoms with Crippen LogP contribution in [0.3, 0.4) is 0 Å². The molecule has 0 atom stereocenters. The maximum Gasteiger partial charge on any atom is 0.203 e. The van der Waals surface area contributed by atoms with Gasteiger partial charge in [0.1, 0.15) is 11.5 Å². The largest absolute Gasteiger partial charge is 0.343 e. The maximum absolute atomic E-state index is 13.8. The monoisotopic (exact) mass is 311 g/mol. The van der Waals surface area contributed by atoms with Crippen molar-refractivity contribution >= 4 is 16.8 Å². The van der Waals surface area contributed by atoms with Gasteiger partial charge in [-0.05, 0) is 18.9 Å². The van der Waals surface area contributed by atoms with Crippen LogP contribution in [0, 0.1) is 5.82 Å². The molecule has 0 saturated heterocycles. The number of H-pyrrole nitrogens is 1. The number of aryl methyl sites for hydroxylation is 1. The molecule has 116 valence electrons. The van der Waals surface area contributed by atoms with Crippen molar-refractivity contribution in [3.63, 3.8) is 0 Å². The zero-order valence-corrected chi connectivity index (χ0v) is 12.3. The summed E-state index contributed by atoms with van der Waals surface area (Å²) in [6, 6.07) is 6.46. The second-order valence-corrected chi connectivity index (χ2v) is 5.74. The summed E-state index contributed by atoms with van der Waals surface area (Å²) in [6.45, 7) is 0.221. The summed E-state index contributed by atoms with van der Waals surface area (Å²) < 4.78 is 15.4. The van der Waals surface area contributed by atoms with Gasteiger partial charge in [-0.25, -0.2) is 9.07 Å². The predicted octanol–water partition coefficient (Wildman–Crippen LogP) is 2.43. The topological polar surface area (TPSA) is 67.8 Å². The van der Waals surface area contributed by atoms with Crippen LogP contribution < -0.4 is 5.43 Å². The van der Waals surface area contributed by atoms with Gasteiger partial charge in [0.2, 0.25) is 5.43 Å². The highest BCUT2D eigenvalue weighted by molar-refractivity contribution is 6.00. The number of Topliss-reactive ketones (excluding diaryl/α,β-unsaturated/α-hetero) is 1. The molecule has 3 aromatic rings. The Morgan fingerprint density at radius 2 is 2.04 bits per heavy atom. The minimum absolute atomic E-state index is 0.115. The van der Waals surface area contributed by atoms with Crippen molar-refractivity contribution in [3.05, 3.63) is 63.3 Å². The number of ketones is 1. The Kier molecular flexibility index (Phi) is 3.11.